The third kappa shape index (κ3) is 4.66. The molecule has 1 atom stereocenters. The first-order valence-corrected chi connectivity index (χ1v) is 9.07. The fourth-order valence-electron chi connectivity index (χ4n) is 2.40. The van der Waals surface area contributed by atoms with Gasteiger partial charge >= 0.3 is 0 Å². The summed E-state index contributed by atoms with van der Waals surface area (Å²) in [5, 5.41) is 7.19. The minimum atomic E-state index is 0.103. The summed E-state index contributed by atoms with van der Waals surface area (Å²) in [6.07, 6.45) is 0.479. The van der Waals surface area contributed by atoms with Gasteiger partial charge in [-0.25, -0.2) is 0 Å². The number of rotatable bonds is 8. The van der Waals surface area contributed by atoms with Gasteiger partial charge in [0.2, 0.25) is 5.91 Å². The van der Waals surface area contributed by atoms with Crippen molar-refractivity contribution in [1.29, 1.82) is 0 Å². The van der Waals surface area contributed by atoms with Crippen LogP contribution in [0.3, 0.4) is 0 Å². The Morgan fingerprint density at radius 1 is 1.19 bits per heavy atom. The average Bonchev–Trinajstić information content (AvgIpc) is 3.16. The third-order valence-corrected chi connectivity index (χ3v) is 5.38. The molecule has 0 aliphatic heterocycles. The molecule has 1 amide bonds. The summed E-state index contributed by atoms with van der Waals surface area (Å²) >= 11 is 3.39. The zero-order valence-corrected chi connectivity index (χ0v) is 14.2. The van der Waals surface area contributed by atoms with Gasteiger partial charge in [-0.15, -0.1) is 22.7 Å². The highest BCUT2D eigenvalue weighted by Crippen LogP contribution is 2.24. The predicted molar refractivity (Wildman–Crippen MR) is 91.0 cm³/mol. The molecule has 1 unspecified atom stereocenters. The van der Waals surface area contributed by atoms with Crippen molar-refractivity contribution in [2.45, 2.75) is 26.3 Å². The van der Waals surface area contributed by atoms with E-state index in [0.717, 1.165) is 18.0 Å². The van der Waals surface area contributed by atoms with E-state index in [1.165, 1.54) is 4.88 Å². The Morgan fingerprint density at radius 2 is 1.90 bits per heavy atom. The summed E-state index contributed by atoms with van der Waals surface area (Å²) in [4.78, 5) is 16.9. The van der Waals surface area contributed by atoms with Crippen molar-refractivity contribution in [3.8, 4) is 0 Å². The molecule has 0 spiro atoms. The fourth-order valence-corrected chi connectivity index (χ4v) is 3.96. The molecule has 2 aromatic heterocycles. The molecule has 1 N–H and O–H groups in total. The normalized spacial score (nSPS) is 12.5. The van der Waals surface area contributed by atoms with Crippen LogP contribution in [0.1, 0.15) is 29.6 Å². The average molecular weight is 322 g/mol. The van der Waals surface area contributed by atoms with E-state index < -0.39 is 0 Å². The number of likely N-dealkylation sites (N-methyl/N-ethyl adjacent to an activating group) is 1. The molecular formula is C16H22N2OS2. The standard InChI is InChI=1S/C16H22N2OS2/c1-3-18(4-2)14(15-8-6-10-21-15)12-17-16(19)11-13-7-5-9-20-13/h5-10,14H,3-4,11-12H2,1-2H3,(H,17,19). The van der Waals surface area contributed by atoms with E-state index in [1.807, 2.05) is 17.5 Å². The topological polar surface area (TPSA) is 32.3 Å². The van der Waals surface area contributed by atoms with Crippen LogP contribution in [-0.4, -0.2) is 30.4 Å². The maximum absolute atomic E-state index is 12.1. The Kier molecular flexibility index (Phi) is 6.42. The first-order valence-electron chi connectivity index (χ1n) is 7.31. The SMILES string of the molecule is CCN(CC)C(CNC(=O)Cc1cccs1)c1cccs1. The van der Waals surface area contributed by atoms with Crippen LogP contribution in [0.25, 0.3) is 0 Å². The molecule has 2 heterocycles. The zero-order chi connectivity index (χ0) is 15.1. The highest BCUT2D eigenvalue weighted by Gasteiger charge is 2.19. The second-order valence-electron chi connectivity index (χ2n) is 4.81. The largest absolute Gasteiger partial charge is 0.354 e. The molecule has 0 aliphatic rings. The van der Waals surface area contributed by atoms with Crippen LogP contribution in [0.15, 0.2) is 35.0 Å². The molecule has 0 saturated heterocycles. The number of nitrogens with zero attached hydrogens (tertiary/aromatic N) is 1. The fraction of sp³-hybridized carbons (Fsp3) is 0.438. The first-order chi connectivity index (χ1) is 10.2. The molecule has 2 aromatic rings. The van der Waals surface area contributed by atoms with Gasteiger partial charge in [0.1, 0.15) is 0 Å². The lowest BCUT2D eigenvalue weighted by molar-refractivity contribution is -0.120. The summed E-state index contributed by atoms with van der Waals surface area (Å²) in [6, 6.07) is 8.48. The Labute approximate surface area is 134 Å². The second-order valence-corrected chi connectivity index (χ2v) is 6.82. The van der Waals surface area contributed by atoms with Crippen LogP contribution in [0.4, 0.5) is 0 Å². The van der Waals surface area contributed by atoms with Gasteiger partial charge in [0, 0.05) is 16.3 Å². The number of carbonyl (C=O) groups excluding carboxylic acids is 1. The molecule has 0 aliphatic carbocycles. The lowest BCUT2D eigenvalue weighted by atomic mass is 10.2. The molecule has 114 valence electrons. The Balaban J connectivity index is 1.94. The molecule has 3 nitrogen and oxygen atoms in total. The number of carbonyl (C=O) groups is 1. The first kappa shape index (κ1) is 16.2. The second kappa shape index (κ2) is 8.32. The van der Waals surface area contributed by atoms with Crippen LogP contribution >= 0.6 is 22.7 Å². The van der Waals surface area contributed by atoms with E-state index >= 15 is 0 Å². The quantitative estimate of drug-likeness (QED) is 0.806. The van der Waals surface area contributed by atoms with Crippen molar-refractivity contribution in [1.82, 2.24) is 10.2 Å². The van der Waals surface area contributed by atoms with E-state index in [2.05, 4.69) is 41.6 Å². The van der Waals surface area contributed by atoms with E-state index in [9.17, 15) is 4.79 Å². The van der Waals surface area contributed by atoms with E-state index in [1.54, 1.807) is 22.7 Å². The van der Waals surface area contributed by atoms with Gasteiger partial charge in [-0.05, 0) is 36.0 Å². The van der Waals surface area contributed by atoms with E-state index in [-0.39, 0.29) is 11.9 Å². The minimum Gasteiger partial charge on any atom is -0.354 e. The lowest BCUT2D eigenvalue weighted by Gasteiger charge is -2.29. The summed E-state index contributed by atoms with van der Waals surface area (Å²) in [7, 11) is 0. The van der Waals surface area contributed by atoms with Crippen LogP contribution in [0.5, 0.6) is 0 Å². The highest BCUT2D eigenvalue weighted by molar-refractivity contribution is 7.10. The van der Waals surface area contributed by atoms with Crippen LogP contribution in [-0.2, 0) is 11.2 Å². The molecule has 0 saturated carbocycles. The number of amides is 1. The summed E-state index contributed by atoms with van der Waals surface area (Å²) in [6.45, 7) is 6.97. The Hall–Kier alpha value is -1.17. The summed E-state index contributed by atoms with van der Waals surface area (Å²) in [5.74, 6) is 0.103. The van der Waals surface area contributed by atoms with Gasteiger partial charge < -0.3 is 5.32 Å². The van der Waals surface area contributed by atoms with Crippen molar-refractivity contribution in [3.63, 3.8) is 0 Å². The van der Waals surface area contributed by atoms with Gasteiger partial charge in [-0.3, -0.25) is 9.69 Å². The number of thiophene rings is 2. The van der Waals surface area contributed by atoms with Crippen molar-refractivity contribution < 1.29 is 4.79 Å². The van der Waals surface area contributed by atoms with Gasteiger partial charge in [-0.2, -0.15) is 0 Å². The van der Waals surface area contributed by atoms with Crippen molar-refractivity contribution in [3.05, 3.63) is 44.8 Å². The van der Waals surface area contributed by atoms with Crippen LogP contribution < -0.4 is 5.32 Å². The zero-order valence-electron chi connectivity index (χ0n) is 12.5. The Morgan fingerprint density at radius 3 is 2.48 bits per heavy atom. The lowest BCUT2D eigenvalue weighted by Crippen LogP contribution is -2.38. The highest BCUT2D eigenvalue weighted by atomic mass is 32.1. The Bertz CT molecular complexity index is 518. The third-order valence-electron chi connectivity index (χ3n) is 3.53. The van der Waals surface area contributed by atoms with E-state index in [0.29, 0.717) is 13.0 Å². The van der Waals surface area contributed by atoms with Crippen LogP contribution in [0.2, 0.25) is 0 Å². The van der Waals surface area contributed by atoms with Gasteiger partial charge in [0.25, 0.3) is 0 Å². The molecule has 0 bridgehead atoms. The summed E-state index contributed by atoms with van der Waals surface area (Å²) in [5.41, 5.74) is 0. The smallest absolute Gasteiger partial charge is 0.225 e. The maximum Gasteiger partial charge on any atom is 0.225 e. The molecule has 0 fully saturated rings. The van der Waals surface area contributed by atoms with Gasteiger partial charge in [-0.1, -0.05) is 26.0 Å². The van der Waals surface area contributed by atoms with Gasteiger partial charge in [0.05, 0.1) is 12.5 Å². The van der Waals surface area contributed by atoms with Crippen molar-refractivity contribution in [2.24, 2.45) is 0 Å². The molecule has 21 heavy (non-hydrogen) atoms. The van der Waals surface area contributed by atoms with Crippen LogP contribution in [0, 0.1) is 0 Å². The molecule has 0 radical (unpaired) electrons. The number of hydrogen-bond acceptors (Lipinski definition) is 4. The minimum absolute atomic E-state index is 0.103. The molecular weight excluding hydrogens is 300 g/mol. The van der Waals surface area contributed by atoms with Gasteiger partial charge in [0.15, 0.2) is 0 Å². The summed E-state index contributed by atoms with van der Waals surface area (Å²) < 4.78 is 0. The molecule has 2 rings (SSSR count). The van der Waals surface area contributed by atoms with E-state index in [4.69, 9.17) is 0 Å². The number of hydrogen-bond donors (Lipinski definition) is 1. The predicted octanol–water partition coefficient (Wildman–Crippen LogP) is 3.55. The molecule has 0 aromatic carbocycles. The monoisotopic (exact) mass is 322 g/mol. The molecule has 5 heteroatoms. The van der Waals surface area contributed by atoms with Crippen molar-refractivity contribution >= 4 is 28.6 Å². The number of nitrogens with one attached hydrogen (secondary N) is 1. The maximum atomic E-state index is 12.1. The van der Waals surface area contributed by atoms with Crippen molar-refractivity contribution in [2.75, 3.05) is 19.6 Å².